The molecule has 1 fully saturated rings. The van der Waals surface area contributed by atoms with Crippen molar-refractivity contribution in [3.8, 4) is 0 Å². The Morgan fingerprint density at radius 2 is 1.95 bits per heavy atom. The number of carbonyl (C=O) groups is 3. The fourth-order valence-corrected chi connectivity index (χ4v) is 3.39. The van der Waals surface area contributed by atoms with Gasteiger partial charge in [-0.25, -0.2) is 0 Å². The van der Waals surface area contributed by atoms with Crippen LogP contribution in [-0.2, 0) is 9.59 Å². The van der Waals surface area contributed by atoms with Crippen LogP contribution in [0.2, 0.25) is 0 Å². The zero-order chi connectivity index (χ0) is 15.4. The van der Waals surface area contributed by atoms with E-state index in [9.17, 15) is 19.5 Å². The lowest BCUT2D eigenvalue weighted by Crippen LogP contribution is -2.44. The van der Waals surface area contributed by atoms with Gasteiger partial charge in [-0.2, -0.15) is 0 Å². The Morgan fingerprint density at radius 3 is 2.62 bits per heavy atom. The standard InChI is InChI=1S/C14H18N2O4S/c1-8(17)15-12-7-6-11(21-12)13(18)16-10-5-3-2-4-9(10)14(19)20/h6-7,9-10H,2-5H2,1H3,(H,15,17)(H,16,18)(H,19,20). The van der Waals surface area contributed by atoms with Crippen molar-refractivity contribution in [3.05, 3.63) is 17.0 Å². The molecule has 1 aromatic rings. The number of carbonyl (C=O) groups excluding carboxylic acids is 2. The molecule has 21 heavy (non-hydrogen) atoms. The number of carboxylic acid groups (broad SMARTS) is 1. The van der Waals surface area contributed by atoms with Gasteiger partial charge >= 0.3 is 5.97 Å². The van der Waals surface area contributed by atoms with Crippen LogP contribution in [-0.4, -0.2) is 28.9 Å². The van der Waals surface area contributed by atoms with Crippen molar-refractivity contribution in [2.45, 2.75) is 38.6 Å². The molecule has 0 saturated heterocycles. The van der Waals surface area contributed by atoms with E-state index < -0.39 is 11.9 Å². The number of nitrogens with one attached hydrogen (secondary N) is 2. The van der Waals surface area contributed by atoms with Crippen LogP contribution >= 0.6 is 11.3 Å². The van der Waals surface area contributed by atoms with E-state index in [2.05, 4.69) is 10.6 Å². The summed E-state index contributed by atoms with van der Waals surface area (Å²) in [6.07, 6.45) is 3.10. The maximum absolute atomic E-state index is 12.2. The number of carboxylic acids is 1. The Labute approximate surface area is 126 Å². The van der Waals surface area contributed by atoms with Gasteiger partial charge < -0.3 is 15.7 Å². The number of aliphatic carboxylic acids is 1. The molecule has 0 aliphatic heterocycles. The van der Waals surface area contributed by atoms with Crippen molar-refractivity contribution in [3.63, 3.8) is 0 Å². The van der Waals surface area contributed by atoms with Gasteiger partial charge in [-0.3, -0.25) is 14.4 Å². The highest BCUT2D eigenvalue weighted by Crippen LogP contribution is 2.26. The first-order valence-electron chi connectivity index (χ1n) is 6.88. The molecule has 2 amide bonds. The van der Waals surface area contributed by atoms with Crippen molar-refractivity contribution in [2.24, 2.45) is 5.92 Å². The average molecular weight is 310 g/mol. The van der Waals surface area contributed by atoms with Crippen LogP contribution in [0.5, 0.6) is 0 Å². The minimum absolute atomic E-state index is 0.193. The second-order valence-corrected chi connectivity index (χ2v) is 6.24. The van der Waals surface area contributed by atoms with Crippen LogP contribution < -0.4 is 10.6 Å². The highest BCUT2D eigenvalue weighted by molar-refractivity contribution is 7.18. The smallest absolute Gasteiger partial charge is 0.308 e. The van der Waals surface area contributed by atoms with E-state index >= 15 is 0 Å². The van der Waals surface area contributed by atoms with Gasteiger partial charge in [0, 0.05) is 13.0 Å². The van der Waals surface area contributed by atoms with Crippen molar-refractivity contribution in [1.82, 2.24) is 5.32 Å². The molecule has 7 heteroatoms. The Bertz CT molecular complexity index is 555. The van der Waals surface area contributed by atoms with Crippen molar-refractivity contribution in [1.29, 1.82) is 0 Å². The van der Waals surface area contributed by atoms with E-state index in [0.29, 0.717) is 22.7 Å². The van der Waals surface area contributed by atoms with Gasteiger partial charge in [0.25, 0.3) is 5.91 Å². The molecule has 2 atom stereocenters. The zero-order valence-electron chi connectivity index (χ0n) is 11.7. The Hall–Kier alpha value is -1.89. The Balaban J connectivity index is 2.01. The maximum atomic E-state index is 12.2. The summed E-state index contributed by atoms with van der Waals surface area (Å²) in [5.41, 5.74) is 0. The quantitative estimate of drug-likeness (QED) is 0.793. The highest BCUT2D eigenvalue weighted by Gasteiger charge is 2.32. The molecule has 1 heterocycles. The van der Waals surface area contributed by atoms with Crippen LogP contribution in [0, 0.1) is 5.92 Å². The van der Waals surface area contributed by atoms with E-state index in [0.717, 1.165) is 12.8 Å². The lowest BCUT2D eigenvalue weighted by molar-refractivity contribution is -0.143. The summed E-state index contributed by atoms with van der Waals surface area (Å²) < 4.78 is 0. The maximum Gasteiger partial charge on any atom is 0.308 e. The molecule has 0 aromatic carbocycles. The minimum Gasteiger partial charge on any atom is -0.481 e. The monoisotopic (exact) mass is 310 g/mol. The molecule has 114 valence electrons. The van der Waals surface area contributed by atoms with Crippen LogP contribution in [0.25, 0.3) is 0 Å². The molecular weight excluding hydrogens is 292 g/mol. The van der Waals surface area contributed by atoms with Gasteiger partial charge in [0.15, 0.2) is 0 Å². The van der Waals surface area contributed by atoms with Gasteiger partial charge in [-0.05, 0) is 25.0 Å². The topological polar surface area (TPSA) is 95.5 Å². The first-order valence-corrected chi connectivity index (χ1v) is 7.70. The van der Waals surface area contributed by atoms with Gasteiger partial charge in [0.2, 0.25) is 5.91 Å². The summed E-state index contributed by atoms with van der Waals surface area (Å²) in [5.74, 6) is -1.85. The molecule has 0 spiro atoms. The average Bonchev–Trinajstić information content (AvgIpc) is 2.86. The van der Waals surface area contributed by atoms with Crippen molar-refractivity contribution < 1.29 is 19.5 Å². The second-order valence-electron chi connectivity index (χ2n) is 5.15. The molecule has 2 unspecified atom stereocenters. The Kier molecular flexibility index (Phi) is 4.95. The van der Waals surface area contributed by atoms with Crippen LogP contribution in [0.1, 0.15) is 42.3 Å². The number of anilines is 1. The van der Waals surface area contributed by atoms with Gasteiger partial charge in [0.1, 0.15) is 0 Å². The highest BCUT2D eigenvalue weighted by atomic mass is 32.1. The SMILES string of the molecule is CC(=O)Nc1ccc(C(=O)NC2CCCCC2C(=O)O)s1. The van der Waals surface area contributed by atoms with Crippen molar-refractivity contribution >= 4 is 34.1 Å². The molecule has 0 radical (unpaired) electrons. The fourth-order valence-electron chi connectivity index (χ4n) is 2.54. The van der Waals surface area contributed by atoms with Gasteiger partial charge in [0.05, 0.1) is 15.8 Å². The summed E-state index contributed by atoms with van der Waals surface area (Å²) in [7, 11) is 0. The van der Waals surface area contributed by atoms with Crippen LogP contribution in [0.4, 0.5) is 5.00 Å². The first kappa shape index (κ1) is 15.5. The van der Waals surface area contributed by atoms with E-state index in [4.69, 9.17) is 0 Å². The molecule has 1 saturated carbocycles. The second kappa shape index (κ2) is 6.71. The fraction of sp³-hybridized carbons (Fsp3) is 0.500. The van der Waals surface area contributed by atoms with E-state index in [1.165, 1.54) is 18.3 Å². The lowest BCUT2D eigenvalue weighted by Gasteiger charge is -2.29. The summed E-state index contributed by atoms with van der Waals surface area (Å²) >= 11 is 1.18. The molecule has 1 aromatic heterocycles. The summed E-state index contributed by atoms with van der Waals surface area (Å²) in [6.45, 7) is 1.40. The van der Waals surface area contributed by atoms with E-state index in [1.807, 2.05) is 0 Å². The summed E-state index contributed by atoms with van der Waals surface area (Å²) in [6, 6.07) is 2.97. The van der Waals surface area contributed by atoms with Crippen molar-refractivity contribution in [2.75, 3.05) is 5.32 Å². The molecule has 1 aliphatic carbocycles. The first-order chi connectivity index (χ1) is 9.97. The summed E-state index contributed by atoms with van der Waals surface area (Å²) in [5, 5.41) is 15.2. The number of rotatable bonds is 4. The minimum atomic E-state index is -0.856. The van der Waals surface area contributed by atoms with Crippen LogP contribution in [0.3, 0.4) is 0 Å². The normalized spacial score (nSPS) is 21.6. The molecule has 3 N–H and O–H groups in total. The number of hydrogen-bond donors (Lipinski definition) is 3. The summed E-state index contributed by atoms with van der Waals surface area (Å²) in [4.78, 5) is 34.8. The van der Waals surface area contributed by atoms with Crippen LogP contribution in [0.15, 0.2) is 12.1 Å². The van der Waals surface area contributed by atoms with Gasteiger partial charge in [-0.15, -0.1) is 11.3 Å². The third-order valence-electron chi connectivity index (χ3n) is 3.53. The number of hydrogen-bond acceptors (Lipinski definition) is 4. The largest absolute Gasteiger partial charge is 0.481 e. The third-order valence-corrected chi connectivity index (χ3v) is 4.53. The lowest BCUT2D eigenvalue weighted by atomic mass is 9.84. The number of amides is 2. The Morgan fingerprint density at radius 1 is 1.24 bits per heavy atom. The number of thiophene rings is 1. The molecule has 6 nitrogen and oxygen atoms in total. The third kappa shape index (κ3) is 4.04. The predicted molar refractivity (Wildman–Crippen MR) is 79.5 cm³/mol. The van der Waals surface area contributed by atoms with Gasteiger partial charge in [-0.1, -0.05) is 12.8 Å². The predicted octanol–water partition coefficient (Wildman–Crippen LogP) is 2.08. The molecule has 2 rings (SSSR count). The molecule has 0 bridgehead atoms. The van der Waals surface area contributed by atoms with E-state index in [1.54, 1.807) is 12.1 Å². The van der Waals surface area contributed by atoms with E-state index in [-0.39, 0.29) is 17.9 Å². The zero-order valence-corrected chi connectivity index (χ0v) is 12.5. The molecule has 1 aliphatic rings. The molecular formula is C14H18N2O4S.